The van der Waals surface area contributed by atoms with Crippen LogP contribution in [0.5, 0.6) is 23.0 Å². The third-order valence-electron chi connectivity index (χ3n) is 24.5. The van der Waals surface area contributed by atoms with Crippen LogP contribution in [0.3, 0.4) is 0 Å². The second-order valence-corrected chi connectivity index (χ2v) is 40.7. The van der Waals surface area contributed by atoms with Gasteiger partial charge in [-0.1, -0.05) is 93.2 Å². The number of benzene rings is 8. The van der Waals surface area contributed by atoms with Crippen molar-refractivity contribution in [3.8, 4) is 23.0 Å². The Kier molecular flexibility index (Phi) is 26.0. The van der Waals surface area contributed by atoms with Gasteiger partial charge in [-0.05, 0) is 228 Å². The fourth-order valence-electron chi connectivity index (χ4n) is 18.8. The quantitative estimate of drug-likeness (QED) is 0.0595. The summed E-state index contributed by atoms with van der Waals surface area (Å²) in [6.45, 7) is 10.3. The van der Waals surface area contributed by atoms with Crippen LogP contribution >= 0.6 is 46.4 Å². The highest BCUT2D eigenvalue weighted by molar-refractivity contribution is 7.93. The lowest BCUT2D eigenvalue weighted by atomic mass is 9.57. The smallest absolute Gasteiger partial charge is 0.308 e. The first-order chi connectivity index (χ1) is 56.3. The third kappa shape index (κ3) is 16.5. The molecule has 16 nitrogen and oxygen atoms in total. The molecule has 0 spiro atoms. The molecule has 4 fully saturated rings. The fourth-order valence-corrected chi connectivity index (χ4v) is 26.4. The molecule has 8 aromatic rings. The van der Waals surface area contributed by atoms with E-state index in [2.05, 4.69) is 6.92 Å². The Morgan fingerprint density at radius 2 is 0.655 bits per heavy atom. The van der Waals surface area contributed by atoms with Gasteiger partial charge >= 0.3 is 17.9 Å². The van der Waals surface area contributed by atoms with Crippen LogP contribution in [0.1, 0.15) is 146 Å². The van der Waals surface area contributed by atoms with Crippen LogP contribution in [-0.4, -0.2) is 87.9 Å². The normalized spacial score (nSPS) is 25.7. The number of hydrogen-bond donors (Lipinski definition) is 0. The van der Waals surface area contributed by atoms with Gasteiger partial charge in [0.2, 0.25) is 0 Å². The minimum atomic E-state index is -4.21. The van der Waals surface area contributed by atoms with Gasteiger partial charge in [0.1, 0.15) is 55.8 Å². The Hall–Kier alpha value is -8.18. The van der Waals surface area contributed by atoms with E-state index in [1.54, 1.807) is 27.7 Å². The molecule has 4 heterocycles. The molecular formula is C88H86Cl4F8O16S3. The molecule has 0 N–H and O–H groups in total. The maximum absolute atomic E-state index is 15.2. The number of sulfone groups is 3. The molecule has 0 bridgehead atoms. The summed E-state index contributed by atoms with van der Waals surface area (Å²) in [6.07, 6.45) is 2.81. The Bertz CT molecular complexity index is 5360. The zero-order valence-electron chi connectivity index (χ0n) is 65.4. The lowest BCUT2D eigenvalue weighted by molar-refractivity contribution is -0.157. The lowest BCUT2D eigenvalue weighted by Gasteiger charge is -2.50. The zero-order valence-corrected chi connectivity index (χ0v) is 70.9. The minimum absolute atomic E-state index is 0.0407. The number of carbonyl (C=O) groups is 3. The molecule has 16 rings (SSSR count). The summed E-state index contributed by atoms with van der Waals surface area (Å²) >= 11 is 23.8. The van der Waals surface area contributed by atoms with Crippen molar-refractivity contribution in [2.24, 2.45) is 41.4 Å². The van der Waals surface area contributed by atoms with E-state index in [1.807, 2.05) is 24.3 Å². The molecule has 31 heteroatoms. The molecule has 4 aliphatic heterocycles. The Labute approximate surface area is 705 Å². The van der Waals surface area contributed by atoms with E-state index in [4.69, 9.17) is 79.6 Å². The van der Waals surface area contributed by atoms with Gasteiger partial charge in [-0.2, -0.15) is 0 Å². The molecule has 636 valence electrons. The van der Waals surface area contributed by atoms with Crippen LogP contribution < -0.4 is 18.9 Å². The van der Waals surface area contributed by atoms with Crippen molar-refractivity contribution in [2.45, 2.75) is 178 Å². The predicted octanol–water partition coefficient (Wildman–Crippen LogP) is 20.4. The first-order valence-electron chi connectivity index (χ1n) is 39.1. The van der Waals surface area contributed by atoms with Crippen molar-refractivity contribution in [3.63, 3.8) is 0 Å². The second kappa shape index (κ2) is 35.0. The van der Waals surface area contributed by atoms with E-state index in [0.29, 0.717) is 44.6 Å². The Balaban J connectivity index is 0.000000138. The summed E-state index contributed by atoms with van der Waals surface area (Å²) in [7, 11) is -12.6. The van der Waals surface area contributed by atoms with Gasteiger partial charge in [-0.25, -0.2) is 60.4 Å². The van der Waals surface area contributed by atoms with Crippen LogP contribution in [0.15, 0.2) is 160 Å². The molecule has 0 aromatic heterocycles. The maximum atomic E-state index is 15.2. The number of hydrogen-bond acceptors (Lipinski definition) is 16. The maximum Gasteiger partial charge on any atom is 0.308 e. The molecule has 0 unspecified atom stereocenters. The van der Waals surface area contributed by atoms with Gasteiger partial charge in [0, 0.05) is 61.7 Å². The monoisotopic (exact) mass is 1790 g/mol. The van der Waals surface area contributed by atoms with Gasteiger partial charge in [0.25, 0.3) is 0 Å². The summed E-state index contributed by atoms with van der Waals surface area (Å²) in [4.78, 5) is 35.5. The standard InChI is InChI=1S/2C23H23ClF2O5S.C21H19ClF2O5S.C21H21ClF2O/c2*1-13(2)22(27)31-16-9-10-23(32(28,29)17-5-3-15(24)4-6-17)14(11-16)12-30-21-19(26)8-7-18(25)20(21)23;1-12(25)29-15-8-9-21(30(26,27)16-4-2-14(22)3-5-16)13(10-15)11-28-20-18(24)7-6-17(23)19(20)21;1-13-8-9-21(11-14-2-4-16(22)5-3-14)15(10-13)12-25-20-18(24)7-6-17(23)19(20)21/h2*3-8,13-14,16H,9-12H2,1-2H3;2-7,13,15H,8-11H2,1H3;2-7,13,15H,8-12H2,1H3/t2*14-,16-,23+;2*13-,15-,21+/m1111/s1. The molecule has 119 heavy (non-hydrogen) atoms. The van der Waals surface area contributed by atoms with Crippen LogP contribution in [-0.2, 0) is 84.2 Å². The SMILES string of the molecule is CC(=O)O[C@@H]1CC[C@@]2(S(=O)(=O)c3ccc(Cl)cc3)c3c(F)ccc(F)c3OC[C@H]2C1.CC(C)C(=O)O[C@@H]1CC[C@@]2(S(=O)(=O)c3ccc(Cl)cc3)c3c(F)ccc(F)c3OC[C@H]2C1.CC(C)C(=O)O[C@@H]1CC[C@@]2(S(=O)(=O)c3ccc(Cl)cc3)c3c(F)ccc(F)c3OC[C@H]2C1.C[C@@H]1CC[C@@]2(Cc3ccc(Cl)cc3)c3c(F)ccc(F)c3OC[C@H]2C1. The topological polar surface area (TPSA) is 218 Å². The van der Waals surface area contributed by atoms with Crippen LogP contribution in [0.2, 0.25) is 20.1 Å². The largest absolute Gasteiger partial charge is 0.490 e. The van der Waals surface area contributed by atoms with Crippen LogP contribution in [0.4, 0.5) is 35.1 Å². The Morgan fingerprint density at radius 1 is 0.378 bits per heavy atom. The Morgan fingerprint density at radius 3 is 0.966 bits per heavy atom. The molecule has 0 radical (unpaired) electrons. The minimum Gasteiger partial charge on any atom is -0.490 e. The highest BCUT2D eigenvalue weighted by atomic mass is 35.5. The molecule has 0 saturated heterocycles. The van der Waals surface area contributed by atoms with E-state index in [9.17, 15) is 61.6 Å². The summed E-state index contributed by atoms with van der Waals surface area (Å²) in [5.41, 5.74) is 0.232. The molecule has 4 aliphatic carbocycles. The fraction of sp³-hybridized carbons (Fsp3) is 0.420. The lowest BCUT2D eigenvalue weighted by Crippen LogP contribution is -2.53. The van der Waals surface area contributed by atoms with E-state index in [-0.39, 0.29) is 156 Å². The molecule has 4 saturated carbocycles. The summed E-state index contributed by atoms with van der Waals surface area (Å²) < 4.78 is 236. The highest BCUT2D eigenvalue weighted by Crippen LogP contribution is 2.62. The molecule has 8 aliphatic rings. The molecular weight excluding hydrogens is 1700 g/mol. The van der Waals surface area contributed by atoms with E-state index < -0.39 is 144 Å². The van der Waals surface area contributed by atoms with E-state index in [0.717, 1.165) is 67.3 Å². The average molecular weight is 1790 g/mol. The van der Waals surface area contributed by atoms with Crippen molar-refractivity contribution in [3.05, 3.63) is 240 Å². The highest BCUT2D eigenvalue weighted by Gasteiger charge is 2.64. The number of fused-ring (bicyclic) bond motifs is 12. The van der Waals surface area contributed by atoms with Gasteiger partial charge < -0.3 is 33.2 Å². The van der Waals surface area contributed by atoms with Crippen LogP contribution in [0, 0.1) is 88.0 Å². The van der Waals surface area contributed by atoms with Gasteiger partial charge in [0.15, 0.2) is 75.8 Å². The van der Waals surface area contributed by atoms with Gasteiger partial charge in [-0.15, -0.1) is 0 Å². The first kappa shape index (κ1) is 88.6. The number of ether oxygens (including phenoxy) is 7. The second-order valence-electron chi connectivity index (χ2n) is 32.3. The number of carbonyl (C=O) groups excluding carboxylic acids is 3. The molecule has 8 aromatic carbocycles. The van der Waals surface area contributed by atoms with Crippen LogP contribution in [0.25, 0.3) is 0 Å². The average Bonchev–Trinajstić information content (AvgIpc) is 0.709. The van der Waals surface area contributed by atoms with Crippen molar-refractivity contribution >= 4 is 93.8 Å². The van der Waals surface area contributed by atoms with Crippen molar-refractivity contribution in [1.29, 1.82) is 0 Å². The number of esters is 3. The van der Waals surface area contributed by atoms with Crippen molar-refractivity contribution in [1.82, 2.24) is 0 Å². The van der Waals surface area contributed by atoms with E-state index >= 15 is 13.2 Å². The first-order valence-corrected chi connectivity index (χ1v) is 45.1. The zero-order chi connectivity index (χ0) is 85.8. The molecule has 0 amide bonds. The summed E-state index contributed by atoms with van der Waals surface area (Å²) in [5, 5.41) is 1.74. The summed E-state index contributed by atoms with van der Waals surface area (Å²) in [6, 6.07) is 32.4. The predicted molar refractivity (Wildman–Crippen MR) is 429 cm³/mol. The number of halogens is 12. The number of rotatable bonds is 13. The summed E-state index contributed by atoms with van der Waals surface area (Å²) in [5.74, 6) is -10.3. The van der Waals surface area contributed by atoms with E-state index in [1.165, 1.54) is 85.8 Å². The van der Waals surface area contributed by atoms with Crippen molar-refractivity contribution in [2.75, 3.05) is 26.4 Å². The van der Waals surface area contributed by atoms with Crippen molar-refractivity contribution < 1.29 is 108 Å². The molecule has 12 atom stereocenters. The van der Waals surface area contributed by atoms with Gasteiger partial charge in [-0.3, -0.25) is 14.4 Å². The van der Waals surface area contributed by atoms with Gasteiger partial charge in [0.05, 0.1) is 69.6 Å². The third-order valence-corrected chi connectivity index (χ3v) is 33.3.